The van der Waals surface area contributed by atoms with Crippen LogP contribution in [0.1, 0.15) is 44.9 Å². The topological polar surface area (TPSA) is 25.4 Å². The van der Waals surface area contributed by atoms with Crippen molar-refractivity contribution in [1.29, 1.82) is 0 Å². The molecule has 0 amide bonds. The quantitative estimate of drug-likeness (QED) is 0.787. The lowest BCUT2D eigenvalue weighted by Gasteiger charge is -2.29. The van der Waals surface area contributed by atoms with Crippen LogP contribution < -0.4 is 4.90 Å². The van der Waals surface area contributed by atoms with Crippen molar-refractivity contribution in [2.45, 2.75) is 44.9 Å². The van der Waals surface area contributed by atoms with Crippen molar-refractivity contribution < 1.29 is 4.74 Å². The first-order valence-corrected chi connectivity index (χ1v) is 8.30. The minimum absolute atomic E-state index is 0.0380. The lowest BCUT2D eigenvalue weighted by atomic mass is 9.91. The number of anilines is 1. The van der Waals surface area contributed by atoms with Crippen molar-refractivity contribution >= 4 is 17.4 Å². The molecule has 3 nitrogen and oxygen atoms in total. The average molecular weight is 311 g/mol. The summed E-state index contributed by atoms with van der Waals surface area (Å²) in [6, 6.07) is 4.24. The number of halogens is 1. The van der Waals surface area contributed by atoms with Crippen LogP contribution >= 0.6 is 11.6 Å². The van der Waals surface area contributed by atoms with Crippen LogP contribution in [0.4, 0.5) is 5.82 Å². The summed E-state index contributed by atoms with van der Waals surface area (Å²) >= 11 is 6.05. The van der Waals surface area contributed by atoms with E-state index in [9.17, 15) is 0 Å². The van der Waals surface area contributed by atoms with Gasteiger partial charge in [-0.1, -0.05) is 20.8 Å². The SMILES string of the molecule is CN(CC1CCOCC1)c1cc(CCl)cc(C(C)(C)C)n1. The Balaban J connectivity index is 2.17. The van der Waals surface area contributed by atoms with Crippen molar-refractivity contribution in [2.75, 3.05) is 31.7 Å². The van der Waals surface area contributed by atoms with Crippen LogP contribution in [0.25, 0.3) is 0 Å². The van der Waals surface area contributed by atoms with Crippen molar-refractivity contribution in [2.24, 2.45) is 5.92 Å². The van der Waals surface area contributed by atoms with E-state index >= 15 is 0 Å². The molecule has 0 spiro atoms. The van der Waals surface area contributed by atoms with Gasteiger partial charge in [0.2, 0.25) is 0 Å². The normalized spacial score (nSPS) is 17.0. The number of hydrogen-bond acceptors (Lipinski definition) is 3. The molecule has 1 aromatic rings. The summed E-state index contributed by atoms with van der Waals surface area (Å²) in [5.74, 6) is 2.26. The van der Waals surface area contributed by atoms with Gasteiger partial charge in [0.15, 0.2) is 0 Å². The molecule has 1 aliphatic rings. The van der Waals surface area contributed by atoms with Crippen molar-refractivity contribution in [1.82, 2.24) is 4.98 Å². The maximum Gasteiger partial charge on any atom is 0.128 e. The summed E-state index contributed by atoms with van der Waals surface area (Å²) in [4.78, 5) is 7.12. The maximum atomic E-state index is 6.05. The molecule has 0 N–H and O–H groups in total. The summed E-state index contributed by atoms with van der Waals surface area (Å²) in [6.45, 7) is 9.38. The van der Waals surface area contributed by atoms with Crippen LogP contribution in [0, 0.1) is 5.92 Å². The molecule has 0 saturated carbocycles. The van der Waals surface area contributed by atoms with Gasteiger partial charge in [-0.3, -0.25) is 0 Å². The zero-order valence-corrected chi connectivity index (χ0v) is 14.4. The summed E-state index contributed by atoms with van der Waals surface area (Å²) in [6.07, 6.45) is 2.29. The van der Waals surface area contributed by atoms with Crippen LogP contribution in [0.5, 0.6) is 0 Å². The van der Waals surface area contributed by atoms with E-state index in [1.54, 1.807) is 0 Å². The molecule has 0 radical (unpaired) electrons. The Labute approximate surface area is 133 Å². The lowest BCUT2D eigenvalue weighted by Crippen LogP contribution is -2.30. The maximum absolute atomic E-state index is 6.05. The zero-order chi connectivity index (χ0) is 15.5. The Kier molecular flexibility index (Phi) is 5.50. The molecule has 0 atom stereocenters. The smallest absolute Gasteiger partial charge is 0.128 e. The fraction of sp³-hybridized carbons (Fsp3) is 0.706. The number of alkyl halides is 1. The van der Waals surface area contributed by atoms with Gasteiger partial charge in [0.1, 0.15) is 5.82 Å². The van der Waals surface area contributed by atoms with Gasteiger partial charge in [-0.05, 0) is 36.5 Å². The summed E-state index contributed by atoms with van der Waals surface area (Å²) < 4.78 is 5.44. The van der Waals surface area contributed by atoms with E-state index in [0.717, 1.165) is 49.7 Å². The molecule has 1 aromatic heterocycles. The highest BCUT2D eigenvalue weighted by molar-refractivity contribution is 6.17. The van der Waals surface area contributed by atoms with Crippen LogP contribution in [-0.4, -0.2) is 31.8 Å². The first-order valence-electron chi connectivity index (χ1n) is 7.76. The molecular formula is C17H27ClN2O. The van der Waals surface area contributed by atoms with E-state index in [4.69, 9.17) is 21.3 Å². The molecule has 2 rings (SSSR count). The Morgan fingerprint density at radius 3 is 2.52 bits per heavy atom. The highest BCUT2D eigenvalue weighted by Gasteiger charge is 2.20. The summed E-state index contributed by atoms with van der Waals surface area (Å²) in [5.41, 5.74) is 2.29. The molecule has 4 heteroatoms. The predicted molar refractivity (Wildman–Crippen MR) is 89.3 cm³/mol. The van der Waals surface area contributed by atoms with E-state index in [-0.39, 0.29) is 5.41 Å². The molecule has 0 bridgehead atoms. The largest absolute Gasteiger partial charge is 0.381 e. The molecule has 1 saturated heterocycles. The first kappa shape index (κ1) is 16.6. The van der Waals surface area contributed by atoms with Gasteiger partial charge in [-0.2, -0.15) is 0 Å². The number of ether oxygens (including phenoxy) is 1. The molecule has 1 aliphatic heterocycles. The summed E-state index contributed by atoms with van der Waals surface area (Å²) in [5, 5.41) is 0. The van der Waals surface area contributed by atoms with E-state index in [1.807, 2.05) is 0 Å². The molecule has 0 aliphatic carbocycles. The monoisotopic (exact) mass is 310 g/mol. The fourth-order valence-electron chi connectivity index (χ4n) is 2.64. The standard InChI is InChI=1S/C17H27ClN2O/c1-17(2,3)15-9-14(11-18)10-16(19-15)20(4)12-13-5-7-21-8-6-13/h9-10,13H,5-8,11-12H2,1-4H3. The number of rotatable bonds is 4. The van der Waals surface area contributed by atoms with Crippen LogP contribution in [0.15, 0.2) is 12.1 Å². The van der Waals surface area contributed by atoms with Gasteiger partial charge in [0.25, 0.3) is 0 Å². The molecule has 21 heavy (non-hydrogen) atoms. The van der Waals surface area contributed by atoms with Crippen molar-refractivity contribution in [3.05, 3.63) is 23.4 Å². The van der Waals surface area contributed by atoms with E-state index in [1.165, 1.54) is 0 Å². The number of pyridine rings is 1. The number of nitrogens with zero attached hydrogens (tertiary/aromatic N) is 2. The summed E-state index contributed by atoms with van der Waals surface area (Å²) in [7, 11) is 2.13. The second kappa shape index (κ2) is 6.97. The van der Waals surface area contributed by atoms with Crippen LogP contribution in [0.3, 0.4) is 0 Å². The third-order valence-corrected chi connectivity index (χ3v) is 4.37. The first-order chi connectivity index (χ1) is 9.90. The van der Waals surface area contributed by atoms with Gasteiger partial charge in [0, 0.05) is 43.8 Å². The molecule has 0 unspecified atom stereocenters. The fourth-order valence-corrected chi connectivity index (χ4v) is 2.79. The van der Waals surface area contributed by atoms with Crippen molar-refractivity contribution in [3.63, 3.8) is 0 Å². The third-order valence-electron chi connectivity index (χ3n) is 4.06. The highest BCUT2D eigenvalue weighted by Crippen LogP contribution is 2.26. The van der Waals surface area contributed by atoms with E-state index in [2.05, 4.69) is 44.9 Å². The second-order valence-electron chi connectivity index (χ2n) is 7.04. The van der Waals surface area contributed by atoms with E-state index in [0.29, 0.717) is 11.8 Å². The predicted octanol–water partition coefficient (Wildman–Crippen LogP) is 3.98. The Hall–Kier alpha value is -0.800. The molecule has 1 fully saturated rings. The molecule has 2 heterocycles. The van der Waals surface area contributed by atoms with Crippen LogP contribution in [-0.2, 0) is 16.0 Å². The van der Waals surface area contributed by atoms with Crippen LogP contribution in [0.2, 0.25) is 0 Å². The zero-order valence-electron chi connectivity index (χ0n) is 13.7. The lowest BCUT2D eigenvalue weighted by molar-refractivity contribution is 0.0685. The Morgan fingerprint density at radius 1 is 1.29 bits per heavy atom. The van der Waals surface area contributed by atoms with Gasteiger partial charge in [-0.15, -0.1) is 11.6 Å². The van der Waals surface area contributed by atoms with Gasteiger partial charge < -0.3 is 9.64 Å². The third kappa shape index (κ3) is 4.58. The Morgan fingerprint density at radius 2 is 1.95 bits per heavy atom. The molecule has 0 aromatic carbocycles. The number of aromatic nitrogens is 1. The minimum Gasteiger partial charge on any atom is -0.381 e. The second-order valence-corrected chi connectivity index (χ2v) is 7.31. The average Bonchev–Trinajstić information content (AvgIpc) is 2.46. The number of hydrogen-bond donors (Lipinski definition) is 0. The van der Waals surface area contributed by atoms with E-state index < -0.39 is 0 Å². The minimum atomic E-state index is 0.0380. The van der Waals surface area contributed by atoms with Gasteiger partial charge >= 0.3 is 0 Å². The molecule has 118 valence electrons. The van der Waals surface area contributed by atoms with Gasteiger partial charge in [0.05, 0.1) is 0 Å². The highest BCUT2D eigenvalue weighted by atomic mass is 35.5. The molecular weight excluding hydrogens is 284 g/mol. The van der Waals surface area contributed by atoms with Gasteiger partial charge in [-0.25, -0.2) is 4.98 Å². The van der Waals surface area contributed by atoms with Crippen molar-refractivity contribution in [3.8, 4) is 0 Å². The Bertz CT molecular complexity index is 464.